The molecule has 116 valence electrons. The fraction of sp³-hybridized carbons (Fsp3) is 1.00. The molecule has 0 bridgehead atoms. The highest BCUT2D eigenvalue weighted by atomic mass is 35.8. The Hall–Kier alpha value is 1.48. The fourth-order valence-electron chi connectivity index (χ4n) is 2.97. The van der Waals surface area contributed by atoms with Crippen LogP contribution in [0.2, 0.25) is 39.3 Å². The van der Waals surface area contributed by atoms with Gasteiger partial charge in [-0.2, -0.15) is 0 Å². The summed E-state index contributed by atoms with van der Waals surface area (Å²) in [6.45, 7) is 16.5. The lowest BCUT2D eigenvalue weighted by Gasteiger charge is -2.50. The maximum absolute atomic E-state index is 6.46. The largest absolute Gasteiger partial charge is 0.356 e. The summed E-state index contributed by atoms with van der Waals surface area (Å²) in [7, 11) is -2.96. The number of hydrogen-bond acceptors (Lipinski definition) is 1. The van der Waals surface area contributed by atoms with E-state index in [0.717, 1.165) is 6.42 Å². The van der Waals surface area contributed by atoms with Gasteiger partial charge in [0.2, 0.25) is 0 Å². The van der Waals surface area contributed by atoms with Crippen LogP contribution in [0.5, 0.6) is 0 Å². The minimum absolute atomic E-state index is 0.197. The number of halogens is 3. The number of hydrogen-bond donors (Lipinski definition) is 0. The lowest BCUT2D eigenvalue weighted by Crippen LogP contribution is -2.67. The molecule has 1 atom stereocenters. The number of rotatable bonds is 8. The molecule has 0 aromatic heterocycles. The summed E-state index contributed by atoms with van der Waals surface area (Å²) in [5, 5.41) is 0. The highest BCUT2D eigenvalue weighted by Gasteiger charge is 2.48. The summed E-state index contributed by atoms with van der Waals surface area (Å²) in [5.41, 5.74) is 0.197. The van der Waals surface area contributed by atoms with Gasteiger partial charge < -0.3 is 4.23 Å². The van der Waals surface area contributed by atoms with Gasteiger partial charge in [-0.05, 0) is 6.42 Å². The maximum Gasteiger partial charge on any atom is 0.356 e. The molecule has 0 aliphatic heterocycles. The van der Waals surface area contributed by atoms with E-state index in [9.17, 15) is 0 Å². The standard InChI is InChI=1S/C12H30Cl3NSi3/c1-8-9-10-11-12(19(13,14)15)16(17(2,3)4)18(5,6)7/h12H,8-11H2,1-7H3. The summed E-state index contributed by atoms with van der Waals surface area (Å²) in [5.74, 6) is 0. The molecule has 0 aromatic rings. The van der Waals surface area contributed by atoms with E-state index in [2.05, 4.69) is 50.4 Å². The van der Waals surface area contributed by atoms with Crippen LogP contribution >= 0.6 is 33.2 Å². The maximum atomic E-state index is 6.46. The number of unbranched alkanes of at least 4 members (excludes halogenated alkanes) is 2. The molecule has 0 saturated heterocycles. The van der Waals surface area contributed by atoms with Crippen LogP contribution in [0.3, 0.4) is 0 Å². The first kappa shape index (κ1) is 20.5. The Morgan fingerprint density at radius 3 is 1.53 bits per heavy atom. The van der Waals surface area contributed by atoms with E-state index in [1.807, 2.05) is 0 Å². The Labute approximate surface area is 137 Å². The minimum atomic E-state index is -2.71. The van der Waals surface area contributed by atoms with Gasteiger partial charge >= 0.3 is 6.00 Å². The molecular formula is C12H30Cl3NSi3. The van der Waals surface area contributed by atoms with Crippen LogP contribution in [0, 0.1) is 0 Å². The van der Waals surface area contributed by atoms with Gasteiger partial charge in [0.15, 0.2) is 0 Å². The van der Waals surface area contributed by atoms with Crippen LogP contribution < -0.4 is 0 Å². The lowest BCUT2D eigenvalue weighted by atomic mass is 10.2. The van der Waals surface area contributed by atoms with Crippen molar-refractivity contribution in [2.45, 2.75) is 77.6 Å². The van der Waals surface area contributed by atoms with Gasteiger partial charge in [-0.3, -0.25) is 0 Å². The predicted molar refractivity (Wildman–Crippen MR) is 99.8 cm³/mol. The molecule has 1 unspecified atom stereocenters. The molecule has 0 N–H and O–H groups in total. The van der Waals surface area contributed by atoms with Crippen LogP contribution in [-0.4, -0.2) is 32.4 Å². The van der Waals surface area contributed by atoms with Crippen molar-refractivity contribution in [1.29, 1.82) is 0 Å². The van der Waals surface area contributed by atoms with Crippen molar-refractivity contribution in [3.05, 3.63) is 0 Å². The normalized spacial score (nSPS) is 15.9. The van der Waals surface area contributed by atoms with Crippen molar-refractivity contribution in [2.24, 2.45) is 0 Å². The molecule has 0 saturated carbocycles. The minimum Gasteiger partial charge on any atom is -0.343 e. The molecule has 0 aliphatic carbocycles. The molecule has 0 heterocycles. The lowest BCUT2D eigenvalue weighted by molar-refractivity contribution is 0.496. The summed E-state index contributed by atoms with van der Waals surface area (Å²) in [6.07, 6.45) is 4.67. The van der Waals surface area contributed by atoms with Gasteiger partial charge in [0.25, 0.3) is 0 Å². The summed E-state index contributed by atoms with van der Waals surface area (Å²) >= 11 is 19.4. The van der Waals surface area contributed by atoms with E-state index in [4.69, 9.17) is 33.2 Å². The highest BCUT2D eigenvalue weighted by molar-refractivity contribution is 7.65. The zero-order chi connectivity index (χ0) is 15.5. The van der Waals surface area contributed by atoms with E-state index >= 15 is 0 Å². The molecule has 0 aliphatic rings. The zero-order valence-corrected chi connectivity index (χ0v) is 18.8. The summed E-state index contributed by atoms with van der Waals surface area (Å²) < 4.78 is 2.69. The average Bonchev–Trinajstić information content (AvgIpc) is 2.10. The van der Waals surface area contributed by atoms with Crippen molar-refractivity contribution in [2.75, 3.05) is 0 Å². The molecule has 0 amide bonds. The third-order valence-corrected chi connectivity index (χ3v) is 14.8. The van der Waals surface area contributed by atoms with Crippen LogP contribution in [0.1, 0.15) is 32.6 Å². The molecular weight excluding hydrogens is 349 g/mol. The van der Waals surface area contributed by atoms with Crippen molar-refractivity contribution in [3.8, 4) is 0 Å². The zero-order valence-electron chi connectivity index (χ0n) is 13.5. The van der Waals surface area contributed by atoms with Crippen LogP contribution in [0.4, 0.5) is 0 Å². The molecule has 0 aromatic carbocycles. The quantitative estimate of drug-likeness (QED) is 0.280. The topological polar surface area (TPSA) is 3.24 Å². The predicted octanol–water partition coefficient (Wildman–Crippen LogP) is 6.10. The van der Waals surface area contributed by atoms with Crippen molar-refractivity contribution >= 4 is 55.7 Å². The first-order chi connectivity index (χ1) is 8.31. The first-order valence-electron chi connectivity index (χ1n) is 7.18. The summed E-state index contributed by atoms with van der Waals surface area (Å²) in [4.78, 5) is 0. The van der Waals surface area contributed by atoms with E-state index < -0.39 is 22.5 Å². The second-order valence-corrected chi connectivity index (χ2v) is 26.2. The fourth-order valence-corrected chi connectivity index (χ4v) is 20.8. The van der Waals surface area contributed by atoms with Gasteiger partial charge in [-0.1, -0.05) is 65.5 Å². The van der Waals surface area contributed by atoms with E-state index in [-0.39, 0.29) is 5.67 Å². The molecule has 19 heavy (non-hydrogen) atoms. The third kappa shape index (κ3) is 7.34. The Morgan fingerprint density at radius 1 is 0.842 bits per heavy atom. The van der Waals surface area contributed by atoms with E-state index in [1.165, 1.54) is 19.3 Å². The molecule has 0 spiro atoms. The van der Waals surface area contributed by atoms with Gasteiger partial charge in [0.1, 0.15) is 16.5 Å². The summed E-state index contributed by atoms with van der Waals surface area (Å²) in [6, 6.07) is -2.71. The van der Waals surface area contributed by atoms with Crippen molar-refractivity contribution in [1.82, 2.24) is 4.23 Å². The van der Waals surface area contributed by atoms with Gasteiger partial charge in [0.05, 0.1) is 0 Å². The molecule has 7 heteroatoms. The van der Waals surface area contributed by atoms with Gasteiger partial charge in [-0.25, -0.2) is 0 Å². The third-order valence-electron chi connectivity index (χ3n) is 3.22. The van der Waals surface area contributed by atoms with Crippen LogP contribution in [0.25, 0.3) is 0 Å². The monoisotopic (exact) mass is 377 g/mol. The Kier molecular flexibility index (Phi) is 8.25. The molecule has 0 rings (SSSR count). The molecule has 1 nitrogen and oxygen atoms in total. The van der Waals surface area contributed by atoms with Crippen molar-refractivity contribution in [3.63, 3.8) is 0 Å². The Bertz CT molecular complexity index is 255. The smallest absolute Gasteiger partial charge is 0.343 e. The number of nitrogens with zero attached hydrogens (tertiary/aromatic N) is 1. The first-order valence-corrected chi connectivity index (χ1v) is 19.2. The van der Waals surface area contributed by atoms with Crippen LogP contribution in [0.15, 0.2) is 0 Å². The van der Waals surface area contributed by atoms with E-state index in [1.54, 1.807) is 0 Å². The van der Waals surface area contributed by atoms with Crippen LogP contribution in [-0.2, 0) is 0 Å². The Morgan fingerprint density at radius 2 is 1.26 bits per heavy atom. The van der Waals surface area contributed by atoms with Gasteiger partial charge in [-0.15, -0.1) is 33.2 Å². The highest BCUT2D eigenvalue weighted by Crippen LogP contribution is 2.36. The molecule has 0 fully saturated rings. The van der Waals surface area contributed by atoms with Gasteiger partial charge in [0, 0.05) is 5.67 Å². The average molecular weight is 379 g/mol. The van der Waals surface area contributed by atoms with Crippen molar-refractivity contribution < 1.29 is 0 Å². The second kappa shape index (κ2) is 7.66. The van der Waals surface area contributed by atoms with E-state index in [0.29, 0.717) is 0 Å². The SMILES string of the molecule is CCCCCC(N([Si](C)(C)C)[Si](C)(C)C)[Si](Cl)(Cl)Cl. The Balaban J connectivity index is 5.28. The molecule has 0 radical (unpaired) electrons. The second-order valence-electron chi connectivity index (χ2n) is 7.26.